The molecule has 0 aliphatic carbocycles. The highest BCUT2D eigenvalue weighted by atomic mass is 35.5. The van der Waals surface area contributed by atoms with Crippen LogP contribution < -0.4 is 5.32 Å². The Balaban J connectivity index is 0.00000180. The van der Waals surface area contributed by atoms with Crippen LogP contribution in [0.2, 0.25) is 0 Å². The number of carbonyl (C=O) groups excluding carboxylic acids is 1. The van der Waals surface area contributed by atoms with Crippen LogP contribution in [0, 0.1) is 0 Å². The molecule has 1 unspecified atom stereocenters. The van der Waals surface area contributed by atoms with Crippen LogP contribution in [-0.4, -0.2) is 72.5 Å². The molecule has 0 saturated carbocycles. The van der Waals surface area contributed by atoms with Crippen molar-refractivity contribution in [2.24, 2.45) is 0 Å². The molecule has 2 fully saturated rings. The standard InChI is InChI=1S/C13H25N3OS.ClH/c1-2-9-18-11-13(17)16-6-3-12(10-16)15-7-4-14-5-8-15;/h12,14H,2-11H2,1H3;1H. The van der Waals surface area contributed by atoms with Crippen LogP contribution in [0.1, 0.15) is 19.8 Å². The second-order valence-corrected chi connectivity index (χ2v) is 6.23. The van der Waals surface area contributed by atoms with Crippen LogP contribution in [0.25, 0.3) is 0 Å². The molecule has 1 atom stereocenters. The Labute approximate surface area is 127 Å². The molecule has 2 aliphatic heterocycles. The van der Waals surface area contributed by atoms with Gasteiger partial charge in [-0.15, -0.1) is 12.4 Å². The predicted molar refractivity (Wildman–Crippen MR) is 84.3 cm³/mol. The van der Waals surface area contributed by atoms with E-state index in [-0.39, 0.29) is 12.4 Å². The Morgan fingerprint density at radius 1 is 1.32 bits per heavy atom. The molecule has 2 rings (SSSR count). The maximum absolute atomic E-state index is 12.0. The van der Waals surface area contributed by atoms with E-state index in [0.29, 0.717) is 17.7 Å². The SMILES string of the molecule is CCCSCC(=O)N1CCC(N2CCNCC2)C1.Cl. The average Bonchev–Trinajstić information content (AvgIpc) is 2.89. The minimum Gasteiger partial charge on any atom is -0.340 e. The van der Waals surface area contributed by atoms with E-state index < -0.39 is 0 Å². The molecule has 0 aromatic rings. The van der Waals surface area contributed by atoms with Crippen LogP contribution >= 0.6 is 24.2 Å². The maximum Gasteiger partial charge on any atom is 0.232 e. The number of thioether (sulfide) groups is 1. The smallest absolute Gasteiger partial charge is 0.232 e. The van der Waals surface area contributed by atoms with Gasteiger partial charge in [0.1, 0.15) is 0 Å². The summed E-state index contributed by atoms with van der Waals surface area (Å²) in [5, 5.41) is 3.38. The first-order chi connectivity index (χ1) is 8.81. The molecule has 1 N–H and O–H groups in total. The van der Waals surface area contributed by atoms with Crippen molar-refractivity contribution in [3.05, 3.63) is 0 Å². The molecule has 2 saturated heterocycles. The molecule has 6 heteroatoms. The van der Waals surface area contributed by atoms with E-state index in [1.807, 2.05) is 0 Å². The Morgan fingerprint density at radius 3 is 2.74 bits per heavy atom. The van der Waals surface area contributed by atoms with Crippen molar-refractivity contribution in [3.8, 4) is 0 Å². The summed E-state index contributed by atoms with van der Waals surface area (Å²) in [4.78, 5) is 16.6. The maximum atomic E-state index is 12.0. The second kappa shape index (κ2) is 9.06. The number of carbonyl (C=O) groups is 1. The van der Waals surface area contributed by atoms with Crippen molar-refractivity contribution in [2.45, 2.75) is 25.8 Å². The minimum atomic E-state index is 0. The molecule has 4 nitrogen and oxygen atoms in total. The lowest BCUT2D eigenvalue weighted by Gasteiger charge is -2.32. The lowest BCUT2D eigenvalue weighted by molar-refractivity contribution is -0.127. The molecule has 2 aliphatic rings. The molecule has 0 spiro atoms. The quantitative estimate of drug-likeness (QED) is 0.771. The molecule has 2 heterocycles. The highest BCUT2D eigenvalue weighted by Gasteiger charge is 2.30. The summed E-state index contributed by atoms with van der Waals surface area (Å²) in [6.45, 7) is 8.53. The van der Waals surface area contributed by atoms with Gasteiger partial charge in [0.25, 0.3) is 0 Å². The summed E-state index contributed by atoms with van der Waals surface area (Å²) in [5.41, 5.74) is 0. The van der Waals surface area contributed by atoms with Crippen LogP contribution in [0.4, 0.5) is 0 Å². The van der Waals surface area contributed by atoms with Gasteiger partial charge in [-0.25, -0.2) is 0 Å². The normalized spacial score (nSPS) is 24.3. The van der Waals surface area contributed by atoms with E-state index in [4.69, 9.17) is 0 Å². The number of nitrogens with one attached hydrogen (secondary N) is 1. The van der Waals surface area contributed by atoms with Crippen molar-refractivity contribution in [2.75, 3.05) is 50.8 Å². The summed E-state index contributed by atoms with van der Waals surface area (Å²) >= 11 is 1.77. The Bertz CT molecular complexity index is 275. The third-order valence-electron chi connectivity index (χ3n) is 3.76. The number of hydrogen-bond donors (Lipinski definition) is 1. The average molecular weight is 308 g/mol. The van der Waals surface area contributed by atoms with Crippen LogP contribution in [0.5, 0.6) is 0 Å². The minimum absolute atomic E-state index is 0. The number of hydrogen-bond acceptors (Lipinski definition) is 4. The van der Waals surface area contributed by atoms with Crippen molar-refractivity contribution in [1.29, 1.82) is 0 Å². The zero-order valence-corrected chi connectivity index (χ0v) is 13.4. The van der Waals surface area contributed by atoms with Gasteiger partial charge in [0.05, 0.1) is 5.75 Å². The number of nitrogens with zero attached hydrogens (tertiary/aromatic N) is 2. The van der Waals surface area contributed by atoms with Crippen molar-refractivity contribution in [1.82, 2.24) is 15.1 Å². The van der Waals surface area contributed by atoms with Gasteiger partial charge in [0.15, 0.2) is 0 Å². The highest BCUT2D eigenvalue weighted by molar-refractivity contribution is 7.99. The van der Waals surface area contributed by atoms with Gasteiger partial charge in [-0.05, 0) is 18.6 Å². The van der Waals surface area contributed by atoms with E-state index in [0.717, 1.165) is 57.9 Å². The monoisotopic (exact) mass is 307 g/mol. The van der Waals surface area contributed by atoms with Crippen LogP contribution in [0.15, 0.2) is 0 Å². The molecule has 0 radical (unpaired) electrons. The fourth-order valence-electron chi connectivity index (χ4n) is 2.71. The topological polar surface area (TPSA) is 35.6 Å². The largest absolute Gasteiger partial charge is 0.340 e. The molecular weight excluding hydrogens is 282 g/mol. The number of halogens is 1. The van der Waals surface area contributed by atoms with E-state index in [1.54, 1.807) is 11.8 Å². The first-order valence-corrected chi connectivity index (χ1v) is 8.27. The van der Waals surface area contributed by atoms with Gasteiger partial charge in [0, 0.05) is 45.3 Å². The molecule has 112 valence electrons. The van der Waals surface area contributed by atoms with Gasteiger partial charge >= 0.3 is 0 Å². The van der Waals surface area contributed by atoms with Crippen molar-refractivity contribution < 1.29 is 4.79 Å². The number of piperazine rings is 1. The fourth-order valence-corrected chi connectivity index (χ4v) is 3.50. The van der Waals surface area contributed by atoms with Gasteiger partial charge in [-0.3, -0.25) is 9.69 Å². The van der Waals surface area contributed by atoms with Gasteiger partial charge in [-0.1, -0.05) is 6.92 Å². The summed E-state index contributed by atoms with van der Waals surface area (Å²) in [7, 11) is 0. The summed E-state index contributed by atoms with van der Waals surface area (Å²) in [6.07, 6.45) is 2.31. The van der Waals surface area contributed by atoms with Crippen molar-refractivity contribution in [3.63, 3.8) is 0 Å². The van der Waals surface area contributed by atoms with E-state index >= 15 is 0 Å². The molecule has 0 aromatic heterocycles. The molecule has 0 bridgehead atoms. The number of rotatable bonds is 5. The first-order valence-electron chi connectivity index (χ1n) is 7.11. The lowest BCUT2D eigenvalue weighted by Crippen LogP contribution is -2.49. The van der Waals surface area contributed by atoms with Gasteiger partial charge in [0.2, 0.25) is 5.91 Å². The fraction of sp³-hybridized carbons (Fsp3) is 0.923. The zero-order chi connectivity index (χ0) is 12.8. The lowest BCUT2D eigenvalue weighted by atomic mass is 10.2. The molecular formula is C13H26ClN3OS. The summed E-state index contributed by atoms with van der Waals surface area (Å²) in [5.74, 6) is 2.11. The zero-order valence-electron chi connectivity index (χ0n) is 11.8. The Kier molecular flexibility index (Phi) is 8.14. The van der Waals surface area contributed by atoms with Gasteiger partial charge < -0.3 is 10.2 Å². The van der Waals surface area contributed by atoms with Gasteiger partial charge in [-0.2, -0.15) is 11.8 Å². The van der Waals surface area contributed by atoms with Crippen LogP contribution in [0.3, 0.4) is 0 Å². The van der Waals surface area contributed by atoms with Crippen LogP contribution in [-0.2, 0) is 4.79 Å². The Morgan fingerprint density at radius 2 is 2.05 bits per heavy atom. The predicted octanol–water partition coefficient (Wildman–Crippen LogP) is 1.06. The summed E-state index contributed by atoms with van der Waals surface area (Å²) < 4.78 is 0. The third kappa shape index (κ3) is 5.14. The van der Waals surface area contributed by atoms with E-state index in [2.05, 4.69) is 22.0 Å². The molecule has 1 amide bonds. The molecule has 19 heavy (non-hydrogen) atoms. The number of amides is 1. The van der Waals surface area contributed by atoms with E-state index in [1.165, 1.54) is 0 Å². The first kappa shape index (κ1) is 17.1. The Hall–Kier alpha value is 0.0300. The molecule has 0 aromatic carbocycles. The third-order valence-corrected chi connectivity index (χ3v) is 4.91. The van der Waals surface area contributed by atoms with Crippen molar-refractivity contribution >= 4 is 30.1 Å². The highest BCUT2D eigenvalue weighted by Crippen LogP contribution is 2.17. The summed E-state index contributed by atoms with van der Waals surface area (Å²) in [6, 6.07) is 0.604. The van der Waals surface area contributed by atoms with E-state index in [9.17, 15) is 4.79 Å². The second-order valence-electron chi connectivity index (χ2n) is 5.12. The number of likely N-dealkylation sites (tertiary alicyclic amines) is 1.